The molecular formula is C18H27N3O3S. The predicted molar refractivity (Wildman–Crippen MR) is 104 cm³/mol. The van der Waals surface area contributed by atoms with Gasteiger partial charge < -0.3 is 19.5 Å². The Balaban J connectivity index is 1.82. The number of nitrogens with one attached hydrogen (secondary N) is 2. The molecule has 1 heterocycles. The quantitative estimate of drug-likeness (QED) is 0.304. The van der Waals surface area contributed by atoms with Gasteiger partial charge in [0.15, 0.2) is 16.6 Å². The summed E-state index contributed by atoms with van der Waals surface area (Å²) in [5.74, 6) is 1.44. The van der Waals surface area contributed by atoms with Gasteiger partial charge in [-0.15, -0.1) is 0 Å². The number of thiocarbonyl (C=S) groups is 1. The average Bonchev–Trinajstić information content (AvgIpc) is 3.14. The first-order chi connectivity index (χ1) is 12.2. The van der Waals surface area contributed by atoms with Crippen LogP contribution in [0.3, 0.4) is 0 Å². The maximum Gasteiger partial charge on any atom is 0.187 e. The third-order valence-corrected chi connectivity index (χ3v) is 4.07. The van der Waals surface area contributed by atoms with Crippen molar-refractivity contribution < 1.29 is 14.2 Å². The average molecular weight is 365 g/mol. The van der Waals surface area contributed by atoms with Crippen LogP contribution in [0.4, 0.5) is 0 Å². The van der Waals surface area contributed by atoms with E-state index >= 15 is 0 Å². The highest BCUT2D eigenvalue weighted by Crippen LogP contribution is 2.27. The Hall–Kier alpha value is -1.86. The van der Waals surface area contributed by atoms with Gasteiger partial charge in [0.1, 0.15) is 0 Å². The second-order valence-electron chi connectivity index (χ2n) is 5.83. The Morgan fingerprint density at radius 1 is 1.44 bits per heavy atom. The molecule has 1 aromatic carbocycles. The van der Waals surface area contributed by atoms with Crippen molar-refractivity contribution in [2.24, 2.45) is 5.10 Å². The summed E-state index contributed by atoms with van der Waals surface area (Å²) in [5.41, 5.74) is 3.72. The van der Waals surface area contributed by atoms with Gasteiger partial charge in [0.25, 0.3) is 0 Å². The minimum absolute atomic E-state index is 0.244. The van der Waals surface area contributed by atoms with E-state index in [2.05, 4.69) is 22.8 Å². The van der Waals surface area contributed by atoms with Crippen LogP contribution in [0.5, 0.6) is 11.5 Å². The van der Waals surface area contributed by atoms with E-state index in [9.17, 15) is 0 Å². The first kappa shape index (κ1) is 19.5. The zero-order chi connectivity index (χ0) is 17.9. The lowest BCUT2D eigenvalue weighted by Crippen LogP contribution is -2.37. The Morgan fingerprint density at radius 3 is 3.04 bits per heavy atom. The van der Waals surface area contributed by atoms with Crippen LogP contribution in [0.2, 0.25) is 0 Å². The standard InChI is InChI=1S/C18H27N3O3S/c1-3-4-9-24-17-11-14(7-8-16(17)22-2)12-20-21-18(25)19-13-15-6-5-10-23-15/h7-8,11-12,15H,3-6,9-10,13H2,1-2H3,(H2,19,21,25)/b20-12-/t15-/m0/s1. The molecule has 1 fully saturated rings. The van der Waals surface area contributed by atoms with Crippen LogP contribution in [-0.4, -0.2) is 44.3 Å². The Morgan fingerprint density at radius 2 is 2.32 bits per heavy atom. The SMILES string of the molecule is CCCCOc1cc(/C=N\NC(=S)NC[C@@H]2CCCO2)ccc1OC. The first-order valence-corrected chi connectivity index (χ1v) is 9.13. The molecule has 7 heteroatoms. The van der Waals surface area contributed by atoms with E-state index in [0.29, 0.717) is 18.3 Å². The Bertz CT molecular complexity index is 575. The molecular weight excluding hydrogens is 338 g/mol. The topological polar surface area (TPSA) is 64.1 Å². The number of methoxy groups -OCH3 is 1. The molecule has 1 atom stereocenters. The summed E-state index contributed by atoms with van der Waals surface area (Å²) in [5, 5.41) is 7.76. The van der Waals surface area contributed by atoms with Gasteiger partial charge >= 0.3 is 0 Å². The molecule has 0 unspecified atom stereocenters. The lowest BCUT2D eigenvalue weighted by atomic mass is 10.2. The number of hydrogen-bond acceptors (Lipinski definition) is 5. The molecule has 138 valence electrons. The van der Waals surface area contributed by atoms with E-state index in [1.165, 1.54) is 0 Å². The van der Waals surface area contributed by atoms with Crippen LogP contribution in [0.15, 0.2) is 23.3 Å². The van der Waals surface area contributed by atoms with Crippen molar-refractivity contribution in [3.63, 3.8) is 0 Å². The van der Waals surface area contributed by atoms with Gasteiger partial charge in [0.2, 0.25) is 0 Å². The van der Waals surface area contributed by atoms with Crippen LogP contribution in [0, 0.1) is 0 Å². The molecule has 1 saturated heterocycles. The molecule has 1 aromatic rings. The van der Waals surface area contributed by atoms with Crippen molar-refractivity contribution in [1.82, 2.24) is 10.7 Å². The molecule has 1 aliphatic heterocycles. The van der Waals surface area contributed by atoms with Crippen molar-refractivity contribution in [2.45, 2.75) is 38.7 Å². The fraction of sp³-hybridized carbons (Fsp3) is 0.556. The number of hydrogen-bond donors (Lipinski definition) is 2. The highest BCUT2D eigenvalue weighted by Gasteiger charge is 2.15. The van der Waals surface area contributed by atoms with Crippen LogP contribution in [-0.2, 0) is 4.74 Å². The molecule has 0 aliphatic carbocycles. The van der Waals surface area contributed by atoms with E-state index < -0.39 is 0 Å². The van der Waals surface area contributed by atoms with Crippen LogP contribution >= 0.6 is 12.2 Å². The van der Waals surface area contributed by atoms with Crippen molar-refractivity contribution in [3.05, 3.63) is 23.8 Å². The Kier molecular flexibility index (Phi) is 8.48. The van der Waals surface area contributed by atoms with Gasteiger partial charge in [-0.2, -0.15) is 5.10 Å². The van der Waals surface area contributed by atoms with Crippen molar-refractivity contribution in [2.75, 3.05) is 26.9 Å². The van der Waals surface area contributed by atoms with Gasteiger partial charge in [-0.25, -0.2) is 0 Å². The van der Waals surface area contributed by atoms with Crippen LogP contribution < -0.4 is 20.2 Å². The molecule has 0 amide bonds. The summed E-state index contributed by atoms with van der Waals surface area (Å²) >= 11 is 5.20. The first-order valence-electron chi connectivity index (χ1n) is 8.72. The normalized spacial score (nSPS) is 16.8. The van der Waals surface area contributed by atoms with Crippen molar-refractivity contribution in [3.8, 4) is 11.5 Å². The molecule has 0 bridgehead atoms. The number of ether oxygens (including phenoxy) is 3. The van der Waals surface area contributed by atoms with Gasteiger partial charge in [0.05, 0.1) is 26.0 Å². The third-order valence-electron chi connectivity index (χ3n) is 3.84. The summed E-state index contributed by atoms with van der Waals surface area (Å²) in [4.78, 5) is 0. The fourth-order valence-corrected chi connectivity index (χ4v) is 2.57. The van der Waals surface area contributed by atoms with Crippen molar-refractivity contribution >= 4 is 23.5 Å². The minimum atomic E-state index is 0.244. The molecule has 2 N–H and O–H groups in total. The summed E-state index contributed by atoms with van der Waals surface area (Å²) < 4.78 is 16.6. The molecule has 6 nitrogen and oxygen atoms in total. The highest BCUT2D eigenvalue weighted by atomic mass is 32.1. The molecule has 0 spiro atoms. The number of benzene rings is 1. The van der Waals surface area contributed by atoms with Crippen LogP contribution in [0.25, 0.3) is 0 Å². The van der Waals surface area contributed by atoms with E-state index in [4.69, 9.17) is 26.4 Å². The predicted octanol–water partition coefficient (Wildman–Crippen LogP) is 2.85. The van der Waals surface area contributed by atoms with E-state index in [1.807, 2.05) is 18.2 Å². The molecule has 0 radical (unpaired) electrons. The fourth-order valence-electron chi connectivity index (χ4n) is 2.43. The van der Waals surface area contributed by atoms with E-state index in [-0.39, 0.29) is 6.10 Å². The number of hydrazone groups is 1. The third kappa shape index (κ3) is 6.88. The van der Waals surface area contributed by atoms with Gasteiger partial charge in [-0.05, 0) is 55.2 Å². The van der Waals surface area contributed by atoms with Gasteiger partial charge in [-0.3, -0.25) is 5.43 Å². The smallest absolute Gasteiger partial charge is 0.187 e. The molecule has 25 heavy (non-hydrogen) atoms. The molecule has 0 saturated carbocycles. The number of rotatable bonds is 9. The summed E-state index contributed by atoms with van der Waals surface area (Å²) in [6.07, 6.45) is 6.23. The van der Waals surface area contributed by atoms with E-state index in [1.54, 1.807) is 13.3 Å². The lowest BCUT2D eigenvalue weighted by molar-refractivity contribution is 0.114. The van der Waals surface area contributed by atoms with Gasteiger partial charge in [0, 0.05) is 13.2 Å². The highest BCUT2D eigenvalue weighted by molar-refractivity contribution is 7.80. The maximum absolute atomic E-state index is 5.77. The Labute approximate surface area is 154 Å². The molecule has 1 aliphatic rings. The zero-order valence-electron chi connectivity index (χ0n) is 14.9. The summed E-state index contributed by atoms with van der Waals surface area (Å²) in [6.45, 7) is 4.35. The maximum atomic E-state index is 5.77. The molecule has 2 rings (SSSR count). The largest absolute Gasteiger partial charge is 0.493 e. The summed E-state index contributed by atoms with van der Waals surface area (Å²) in [7, 11) is 1.63. The number of unbranched alkanes of at least 4 members (excludes halogenated alkanes) is 1. The summed E-state index contributed by atoms with van der Waals surface area (Å²) in [6, 6.07) is 5.69. The van der Waals surface area contributed by atoms with Gasteiger partial charge in [-0.1, -0.05) is 13.3 Å². The zero-order valence-corrected chi connectivity index (χ0v) is 15.7. The van der Waals surface area contributed by atoms with Crippen molar-refractivity contribution in [1.29, 1.82) is 0 Å². The van der Waals surface area contributed by atoms with Crippen LogP contribution in [0.1, 0.15) is 38.2 Å². The second kappa shape index (κ2) is 10.9. The second-order valence-corrected chi connectivity index (χ2v) is 6.24. The monoisotopic (exact) mass is 365 g/mol. The lowest BCUT2D eigenvalue weighted by Gasteiger charge is -2.12. The van der Waals surface area contributed by atoms with E-state index in [0.717, 1.165) is 49.4 Å². The molecule has 0 aromatic heterocycles. The minimum Gasteiger partial charge on any atom is -0.493 e. The number of nitrogens with zero attached hydrogens (tertiary/aromatic N) is 1.